The van der Waals surface area contributed by atoms with Gasteiger partial charge in [0.05, 0.1) is 6.54 Å². The summed E-state index contributed by atoms with van der Waals surface area (Å²) in [6.07, 6.45) is 2.11. The van der Waals surface area contributed by atoms with Gasteiger partial charge in [0.15, 0.2) is 0 Å². The Morgan fingerprint density at radius 1 is 1.08 bits per heavy atom. The SMILES string of the molecule is CC(C)(C)C(=O)NCC(=O)NCc1cccc(C(=O)N2CCCC2)c1. The Hall–Kier alpha value is -2.37. The summed E-state index contributed by atoms with van der Waals surface area (Å²) in [6.45, 7) is 7.28. The smallest absolute Gasteiger partial charge is 0.253 e. The van der Waals surface area contributed by atoms with Gasteiger partial charge in [-0.25, -0.2) is 0 Å². The van der Waals surface area contributed by atoms with Crippen molar-refractivity contribution >= 4 is 17.7 Å². The fourth-order valence-electron chi connectivity index (χ4n) is 2.61. The van der Waals surface area contributed by atoms with Gasteiger partial charge in [0.1, 0.15) is 0 Å². The first-order valence-corrected chi connectivity index (χ1v) is 8.70. The van der Waals surface area contributed by atoms with Gasteiger partial charge >= 0.3 is 0 Å². The van der Waals surface area contributed by atoms with E-state index in [0.29, 0.717) is 12.1 Å². The van der Waals surface area contributed by atoms with Crippen molar-refractivity contribution in [3.05, 3.63) is 35.4 Å². The van der Waals surface area contributed by atoms with Crippen LogP contribution in [0.25, 0.3) is 0 Å². The van der Waals surface area contributed by atoms with Crippen molar-refractivity contribution < 1.29 is 14.4 Å². The van der Waals surface area contributed by atoms with Crippen LogP contribution in [0.4, 0.5) is 0 Å². The molecule has 136 valence electrons. The lowest BCUT2D eigenvalue weighted by Crippen LogP contribution is -2.41. The van der Waals surface area contributed by atoms with Gasteiger partial charge in [-0.2, -0.15) is 0 Å². The summed E-state index contributed by atoms with van der Waals surface area (Å²) < 4.78 is 0. The average molecular weight is 345 g/mol. The molecular weight excluding hydrogens is 318 g/mol. The minimum Gasteiger partial charge on any atom is -0.350 e. The van der Waals surface area contributed by atoms with Crippen LogP contribution in [0.15, 0.2) is 24.3 Å². The maximum atomic E-state index is 12.4. The van der Waals surface area contributed by atoms with Gasteiger partial charge in [0.25, 0.3) is 5.91 Å². The van der Waals surface area contributed by atoms with E-state index in [-0.39, 0.29) is 24.3 Å². The standard InChI is InChI=1S/C19H27N3O3/c1-19(2,3)18(25)21-13-16(23)20-12-14-7-6-8-15(11-14)17(24)22-9-4-5-10-22/h6-8,11H,4-5,9-10,12-13H2,1-3H3,(H,20,23)(H,21,25). The average Bonchev–Trinajstić information content (AvgIpc) is 3.11. The van der Waals surface area contributed by atoms with E-state index < -0.39 is 5.41 Å². The predicted octanol–water partition coefficient (Wildman–Crippen LogP) is 1.70. The molecule has 0 saturated carbocycles. The molecule has 2 rings (SSSR count). The highest BCUT2D eigenvalue weighted by Crippen LogP contribution is 2.14. The Balaban J connectivity index is 1.84. The molecule has 0 spiro atoms. The zero-order chi connectivity index (χ0) is 18.4. The van der Waals surface area contributed by atoms with E-state index in [2.05, 4.69) is 10.6 Å². The first kappa shape index (κ1) is 19.0. The molecule has 6 heteroatoms. The lowest BCUT2D eigenvalue weighted by Gasteiger charge is -2.17. The van der Waals surface area contributed by atoms with Crippen molar-refractivity contribution in [3.63, 3.8) is 0 Å². The van der Waals surface area contributed by atoms with E-state index >= 15 is 0 Å². The Morgan fingerprint density at radius 2 is 1.76 bits per heavy atom. The molecule has 1 aromatic rings. The molecule has 1 heterocycles. The lowest BCUT2D eigenvalue weighted by molar-refractivity contribution is -0.131. The number of hydrogen-bond acceptors (Lipinski definition) is 3. The fraction of sp³-hybridized carbons (Fsp3) is 0.526. The summed E-state index contributed by atoms with van der Waals surface area (Å²) in [4.78, 5) is 37.9. The molecule has 6 nitrogen and oxygen atoms in total. The maximum absolute atomic E-state index is 12.4. The molecular formula is C19H27N3O3. The molecule has 0 radical (unpaired) electrons. The van der Waals surface area contributed by atoms with Gasteiger partial charge in [0, 0.05) is 30.6 Å². The third-order valence-electron chi connectivity index (χ3n) is 4.15. The minimum absolute atomic E-state index is 0.0446. The molecule has 2 N–H and O–H groups in total. The molecule has 1 aliphatic heterocycles. The highest BCUT2D eigenvalue weighted by molar-refractivity contribution is 5.94. The Kier molecular flexibility index (Phi) is 6.17. The third kappa shape index (κ3) is 5.59. The topological polar surface area (TPSA) is 78.5 Å². The minimum atomic E-state index is -0.523. The molecule has 0 aliphatic carbocycles. The second-order valence-corrected chi connectivity index (χ2v) is 7.41. The van der Waals surface area contributed by atoms with Gasteiger partial charge in [-0.05, 0) is 30.5 Å². The summed E-state index contributed by atoms with van der Waals surface area (Å²) in [6, 6.07) is 7.31. The van der Waals surface area contributed by atoms with Crippen LogP contribution in [0.5, 0.6) is 0 Å². The van der Waals surface area contributed by atoms with Gasteiger partial charge in [-0.15, -0.1) is 0 Å². The molecule has 3 amide bonds. The first-order valence-electron chi connectivity index (χ1n) is 8.70. The van der Waals surface area contributed by atoms with Crippen LogP contribution in [0.1, 0.15) is 49.5 Å². The monoisotopic (exact) mass is 345 g/mol. The number of rotatable bonds is 5. The molecule has 1 saturated heterocycles. The zero-order valence-corrected chi connectivity index (χ0v) is 15.2. The van der Waals surface area contributed by atoms with Crippen molar-refractivity contribution in [2.75, 3.05) is 19.6 Å². The van der Waals surface area contributed by atoms with Crippen molar-refractivity contribution in [3.8, 4) is 0 Å². The van der Waals surface area contributed by atoms with Crippen molar-refractivity contribution in [2.45, 2.75) is 40.2 Å². The lowest BCUT2D eigenvalue weighted by atomic mass is 9.96. The van der Waals surface area contributed by atoms with Crippen molar-refractivity contribution in [1.82, 2.24) is 15.5 Å². The van der Waals surface area contributed by atoms with E-state index in [1.54, 1.807) is 26.8 Å². The number of amides is 3. The van der Waals surface area contributed by atoms with E-state index in [1.807, 2.05) is 23.1 Å². The summed E-state index contributed by atoms with van der Waals surface area (Å²) >= 11 is 0. The normalized spacial score (nSPS) is 14.3. The second kappa shape index (κ2) is 8.14. The van der Waals surface area contributed by atoms with Crippen LogP contribution in [-0.2, 0) is 16.1 Å². The van der Waals surface area contributed by atoms with Gasteiger partial charge in [-0.3, -0.25) is 14.4 Å². The molecule has 1 aliphatic rings. The molecule has 0 bridgehead atoms. The summed E-state index contributed by atoms with van der Waals surface area (Å²) in [7, 11) is 0. The number of carbonyl (C=O) groups is 3. The third-order valence-corrected chi connectivity index (χ3v) is 4.15. The van der Waals surface area contributed by atoms with Crippen LogP contribution >= 0.6 is 0 Å². The quantitative estimate of drug-likeness (QED) is 0.853. The zero-order valence-electron chi connectivity index (χ0n) is 15.2. The molecule has 0 atom stereocenters. The summed E-state index contributed by atoms with van der Waals surface area (Å²) in [5.74, 6) is -0.377. The van der Waals surface area contributed by atoms with Crippen molar-refractivity contribution in [2.24, 2.45) is 5.41 Å². The van der Waals surface area contributed by atoms with Crippen LogP contribution in [0.3, 0.4) is 0 Å². The van der Waals surface area contributed by atoms with Crippen LogP contribution in [0, 0.1) is 5.41 Å². The molecule has 25 heavy (non-hydrogen) atoms. The number of carbonyl (C=O) groups excluding carboxylic acids is 3. The van der Waals surface area contributed by atoms with E-state index in [9.17, 15) is 14.4 Å². The van der Waals surface area contributed by atoms with E-state index in [1.165, 1.54) is 0 Å². The fourth-order valence-corrected chi connectivity index (χ4v) is 2.61. The molecule has 0 aromatic heterocycles. The van der Waals surface area contributed by atoms with E-state index in [0.717, 1.165) is 31.5 Å². The largest absolute Gasteiger partial charge is 0.350 e. The number of nitrogens with one attached hydrogen (secondary N) is 2. The Bertz CT molecular complexity index is 644. The first-order chi connectivity index (χ1) is 11.8. The Labute approximate surface area is 149 Å². The number of hydrogen-bond donors (Lipinski definition) is 2. The molecule has 0 unspecified atom stereocenters. The van der Waals surface area contributed by atoms with Gasteiger partial charge in [-0.1, -0.05) is 32.9 Å². The Morgan fingerprint density at radius 3 is 2.40 bits per heavy atom. The predicted molar refractivity (Wildman–Crippen MR) is 95.9 cm³/mol. The van der Waals surface area contributed by atoms with Crippen molar-refractivity contribution in [1.29, 1.82) is 0 Å². The molecule has 1 fully saturated rings. The van der Waals surface area contributed by atoms with Crippen LogP contribution in [-0.4, -0.2) is 42.3 Å². The highest BCUT2D eigenvalue weighted by atomic mass is 16.2. The van der Waals surface area contributed by atoms with Gasteiger partial charge < -0.3 is 15.5 Å². The maximum Gasteiger partial charge on any atom is 0.253 e. The van der Waals surface area contributed by atoms with Crippen LogP contribution in [0.2, 0.25) is 0 Å². The second-order valence-electron chi connectivity index (χ2n) is 7.41. The summed E-state index contributed by atoms with van der Waals surface area (Å²) in [5, 5.41) is 5.38. The number of benzene rings is 1. The number of likely N-dealkylation sites (tertiary alicyclic amines) is 1. The molecule has 1 aromatic carbocycles. The van der Waals surface area contributed by atoms with Crippen LogP contribution < -0.4 is 10.6 Å². The summed E-state index contributed by atoms with van der Waals surface area (Å²) in [5.41, 5.74) is 0.986. The number of nitrogens with zero attached hydrogens (tertiary/aromatic N) is 1. The van der Waals surface area contributed by atoms with Gasteiger partial charge in [0.2, 0.25) is 11.8 Å². The highest BCUT2D eigenvalue weighted by Gasteiger charge is 2.21. The van der Waals surface area contributed by atoms with E-state index in [4.69, 9.17) is 0 Å².